The first kappa shape index (κ1) is 24.0. The van der Waals surface area contributed by atoms with Crippen LogP contribution in [0.1, 0.15) is 17.8 Å². The maximum Gasteiger partial charge on any atom is 0.355 e. The van der Waals surface area contributed by atoms with Crippen molar-refractivity contribution in [2.75, 3.05) is 11.9 Å². The molecule has 1 aliphatic heterocycles. The van der Waals surface area contributed by atoms with Gasteiger partial charge in [-0.25, -0.2) is 32.3 Å². The number of rotatable bonds is 6. The second-order valence-electron chi connectivity index (χ2n) is 8.39. The lowest BCUT2D eigenvalue weighted by molar-refractivity contribution is 0.134. The third kappa shape index (κ3) is 4.58. The van der Waals surface area contributed by atoms with Crippen LogP contribution in [0, 0.1) is 23.4 Å². The van der Waals surface area contributed by atoms with Gasteiger partial charge in [-0.3, -0.25) is 9.25 Å². The molecule has 188 valence electrons. The van der Waals surface area contributed by atoms with Crippen LogP contribution in [0.25, 0.3) is 0 Å². The molecule has 10 nitrogen and oxygen atoms in total. The molecular formula is C22H19ClF3N7O3. The van der Waals surface area contributed by atoms with E-state index in [4.69, 9.17) is 16.3 Å². The van der Waals surface area contributed by atoms with E-state index in [0.29, 0.717) is 17.3 Å². The quantitative estimate of drug-likeness (QED) is 0.493. The fourth-order valence-corrected chi connectivity index (χ4v) is 4.34. The molecule has 0 radical (unpaired) electrons. The molecule has 0 amide bonds. The molecule has 5 rings (SSSR count). The smallest absolute Gasteiger partial charge is 0.355 e. The number of fused-ring (bicyclic) bond motifs is 1. The van der Waals surface area contributed by atoms with Gasteiger partial charge in [0.25, 0.3) is 0 Å². The third-order valence-corrected chi connectivity index (χ3v) is 6.19. The topological polar surface area (TPSA) is 109 Å². The molecule has 2 atom stereocenters. The monoisotopic (exact) mass is 521 g/mol. The summed E-state index contributed by atoms with van der Waals surface area (Å²) in [6, 6.07) is 1.52. The summed E-state index contributed by atoms with van der Waals surface area (Å²) < 4.78 is 50.0. The zero-order valence-corrected chi connectivity index (χ0v) is 19.5. The Bertz CT molecular complexity index is 1500. The van der Waals surface area contributed by atoms with E-state index in [-0.39, 0.29) is 35.9 Å². The second kappa shape index (κ2) is 9.39. The minimum Gasteiger partial charge on any atom is -0.373 e. The van der Waals surface area contributed by atoms with Crippen molar-refractivity contribution in [3.8, 4) is 0 Å². The number of anilines is 1. The largest absolute Gasteiger partial charge is 0.373 e. The summed E-state index contributed by atoms with van der Waals surface area (Å²) in [5.74, 6) is -4.47. The molecule has 2 aliphatic rings. The minimum atomic E-state index is -1.63. The Balaban J connectivity index is 1.58. The van der Waals surface area contributed by atoms with Crippen LogP contribution in [-0.2, 0) is 24.9 Å². The van der Waals surface area contributed by atoms with Gasteiger partial charge in [0.15, 0.2) is 23.3 Å². The van der Waals surface area contributed by atoms with Crippen molar-refractivity contribution in [3.63, 3.8) is 0 Å². The summed E-state index contributed by atoms with van der Waals surface area (Å²) in [6.45, 7) is -0.160. The van der Waals surface area contributed by atoms with Crippen LogP contribution >= 0.6 is 11.6 Å². The molecule has 2 unspecified atom stereocenters. The number of allylic oxidation sites excluding steroid dienone is 1. The van der Waals surface area contributed by atoms with Crippen LogP contribution in [0.5, 0.6) is 0 Å². The predicted octanol–water partition coefficient (Wildman–Crippen LogP) is 1.88. The first-order valence-electron chi connectivity index (χ1n) is 10.9. The number of aryl methyl sites for hydroxylation is 1. The van der Waals surface area contributed by atoms with E-state index in [1.165, 1.54) is 11.0 Å². The van der Waals surface area contributed by atoms with Gasteiger partial charge in [-0.05, 0) is 30.2 Å². The van der Waals surface area contributed by atoms with Crippen molar-refractivity contribution < 1.29 is 17.9 Å². The lowest BCUT2D eigenvalue weighted by atomic mass is 9.95. The molecule has 3 heterocycles. The zero-order valence-electron chi connectivity index (χ0n) is 18.8. The van der Waals surface area contributed by atoms with Crippen molar-refractivity contribution in [2.45, 2.75) is 25.6 Å². The molecule has 0 spiro atoms. The first-order chi connectivity index (χ1) is 17.2. The summed E-state index contributed by atoms with van der Waals surface area (Å²) in [7, 11) is 1.62. The van der Waals surface area contributed by atoms with Crippen molar-refractivity contribution >= 4 is 17.5 Å². The molecular weight excluding hydrogens is 503 g/mol. The molecule has 36 heavy (non-hydrogen) atoms. The Morgan fingerprint density at radius 2 is 1.89 bits per heavy atom. The molecule has 0 bridgehead atoms. The maximum absolute atomic E-state index is 13.9. The van der Waals surface area contributed by atoms with Crippen LogP contribution < -0.4 is 16.7 Å². The van der Waals surface area contributed by atoms with Crippen molar-refractivity contribution in [1.29, 1.82) is 0 Å². The highest BCUT2D eigenvalue weighted by Gasteiger charge is 2.30. The fraction of sp³-hybridized carbons (Fsp3) is 0.318. The van der Waals surface area contributed by atoms with Crippen LogP contribution in [0.2, 0.25) is 0 Å². The lowest BCUT2D eigenvalue weighted by Crippen LogP contribution is -2.43. The van der Waals surface area contributed by atoms with Crippen LogP contribution in [0.4, 0.5) is 19.1 Å². The number of halogens is 4. The van der Waals surface area contributed by atoms with Crippen LogP contribution in [0.15, 0.2) is 50.9 Å². The Morgan fingerprint density at radius 3 is 2.58 bits per heavy atom. The highest BCUT2D eigenvalue weighted by Crippen LogP contribution is 2.33. The minimum absolute atomic E-state index is 0.0334. The van der Waals surface area contributed by atoms with E-state index in [0.717, 1.165) is 27.7 Å². The van der Waals surface area contributed by atoms with Gasteiger partial charge in [0.1, 0.15) is 6.33 Å². The normalized spacial score (nSPS) is 19.1. The predicted molar refractivity (Wildman–Crippen MR) is 122 cm³/mol. The van der Waals surface area contributed by atoms with Gasteiger partial charge in [0.2, 0.25) is 5.95 Å². The lowest BCUT2D eigenvalue weighted by Gasteiger charge is -2.22. The summed E-state index contributed by atoms with van der Waals surface area (Å²) in [6.07, 6.45) is 5.50. The number of hydrogen-bond donors (Lipinski definition) is 1. The molecule has 1 saturated heterocycles. The van der Waals surface area contributed by atoms with E-state index in [1.807, 2.05) is 6.08 Å². The van der Waals surface area contributed by atoms with Gasteiger partial charge in [0, 0.05) is 19.6 Å². The van der Waals surface area contributed by atoms with E-state index >= 15 is 0 Å². The molecule has 1 aromatic carbocycles. The van der Waals surface area contributed by atoms with Crippen molar-refractivity contribution in [3.05, 3.63) is 91.1 Å². The molecule has 0 saturated carbocycles. The summed E-state index contributed by atoms with van der Waals surface area (Å²) in [4.78, 5) is 34.2. The standard InChI is InChI=1S/C22H19ClF3N7O3/c1-31-10-27-18(30-31)9-33-21(34)29-20(28-16-6-12-2-3-36-17(12)7-13(16)23)32(22(33)35)8-11-4-14(24)19(26)15(25)5-11/h4-7,10,12,17H,2-3,8-9H2,1H3,(H,28,29,34). The molecule has 2 aromatic heterocycles. The van der Waals surface area contributed by atoms with Gasteiger partial charge < -0.3 is 10.1 Å². The first-order valence-corrected chi connectivity index (χ1v) is 11.2. The molecule has 14 heteroatoms. The van der Waals surface area contributed by atoms with E-state index < -0.39 is 35.4 Å². The average Bonchev–Trinajstić information content (AvgIpc) is 3.45. The van der Waals surface area contributed by atoms with Gasteiger partial charge >= 0.3 is 11.4 Å². The molecule has 1 N–H and O–H groups in total. The van der Waals surface area contributed by atoms with Crippen LogP contribution in [-0.4, -0.2) is 41.6 Å². The SMILES string of the molecule is Cn1cnc(Cn2c(=O)nc(NC3=CC4CCOC4C=C3Cl)n(Cc3cc(F)c(F)c(F)c3)c2=O)n1. The molecule has 3 aromatic rings. The molecule has 1 fully saturated rings. The van der Waals surface area contributed by atoms with Crippen molar-refractivity contribution in [2.24, 2.45) is 13.0 Å². The second-order valence-corrected chi connectivity index (χ2v) is 8.80. The highest BCUT2D eigenvalue weighted by atomic mass is 35.5. The Morgan fingerprint density at radius 1 is 1.14 bits per heavy atom. The summed E-state index contributed by atoms with van der Waals surface area (Å²) in [5, 5.41) is 7.25. The van der Waals surface area contributed by atoms with Crippen LogP contribution in [0.3, 0.4) is 0 Å². The average molecular weight is 522 g/mol. The van der Waals surface area contributed by atoms with E-state index in [1.54, 1.807) is 13.1 Å². The Kier molecular flexibility index (Phi) is 6.26. The number of hydrogen-bond acceptors (Lipinski definition) is 7. The van der Waals surface area contributed by atoms with Gasteiger partial charge in [0.05, 0.1) is 29.9 Å². The Labute approximate surface area is 206 Å². The summed E-state index contributed by atoms with van der Waals surface area (Å²) in [5.41, 5.74) is -1.43. The number of benzene rings is 1. The molecule has 1 aliphatic carbocycles. The Hall–Kier alpha value is -3.71. The van der Waals surface area contributed by atoms with Crippen molar-refractivity contribution in [1.82, 2.24) is 28.9 Å². The number of nitrogens with zero attached hydrogens (tertiary/aromatic N) is 6. The maximum atomic E-state index is 13.9. The third-order valence-electron chi connectivity index (χ3n) is 5.86. The van der Waals surface area contributed by atoms with E-state index in [9.17, 15) is 22.8 Å². The number of aromatic nitrogens is 6. The van der Waals surface area contributed by atoms with Gasteiger partial charge in [-0.15, -0.1) is 0 Å². The van der Waals surface area contributed by atoms with Gasteiger partial charge in [-0.2, -0.15) is 10.1 Å². The van der Waals surface area contributed by atoms with Gasteiger partial charge in [-0.1, -0.05) is 17.7 Å². The number of nitrogens with one attached hydrogen (secondary N) is 1. The fourth-order valence-electron chi connectivity index (χ4n) is 4.11. The zero-order chi connectivity index (χ0) is 25.6. The summed E-state index contributed by atoms with van der Waals surface area (Å²) >= 11 is 6.38. The number of ether oxygens (including phenoxy) is 1. The highest BCUT2D eigenvalue weighted by molar-refractivity contribution is 6.32. The van der Waals surface area contributed by atoms with E-state index in [2.05, 4.69) is 20.4 Å².